The van der Waals surface area contributed by atoms with E-state index in [1.807, 2.05) is 17.7 Å². The minimum absolute atomic E-state index is 0.391. The molecular weight excluding hydrogens is 176 g/mol. The maximum absolute atomic E-state index is 5.22. The van der Waals surface area contributed by atoms with E-state index in [0.29, 0.717) is 4.75 Å². The molecule has 0 fully saturated rings. The molecule has 0 unspecified atom stereocenters. The lowest BCUT2D eigenvalue weighted by Crippen LogP contribution is -2.10. The molecule has 0 rings (SSSR count). The molecule has 0 aromatic carbocycles. The number of ether oxygens (including phenoxy) is 1. The maximum Gasteiger partial charge on any atom is 0.102 e. The normalized spacial score (nSPS) is 12.0. The Morgan fingerprint density at radius 3 is 2.36 bits per heavy atom. The summed E-state index contributed by atoms with van der Waals surface area (Å²) >= 11 is 0. The summed E-state index contributed by atoms with van der Waals surface area (Å²) in [5, 5.41) is 0. The van der Waals surface area contributed by atoms with E-state index >= 15 is 0 Å². The largest absolute Gasteiger partial charge is 0.370 e. The van der Waals surface area contributed by atoms with Crippen molar-refractivity contribution in [1.29, 1.82) is 0 Å². The Morgan fingerprint density at radius 2 is 1.91 bits per heavy atom. The third kappa shape index (κ3) is 7.04. The fraction of sp³-hybridized carbons (Fsp3) is 1.00. The molecule has 3 heteroatoms. The second-order valence-corrected chi connectivity index (χ2v) is 5.88. The van der Waals surface area contributed by atoms with Gasteiger partial charge < -0.3 is 4.74 Å². The third-order valence-electron chi connectivity index (χ3n) is 1.47. The Hall–Kier alpha value is 0.660. The van der Waals surface area contributed by atoms with Gasteiger partial charge in [-0.2, -0.15) is 0 Å². The summed E-state index contributed by atoms with van der Waals surface area (Å²) in [5.41, 5.74) is 0. The Morgan fingerprint density at radius 1 is 1.27 bits per heavy atom. The van der Waals surface area contributed by atoms with Crippen LogP contribution in [0.3, 0.4) is 0 Å². The molecule has 0 heterocycles. The van der Waals surface area contributed by atoms with Crippen molar-refractivity contribution in [2.45, 2.75) is 38.9 Å². The zero-order valence-corrected chi connectivity index (χ0v) is 9.48. The van der Waals surface area contributed by atoms with Crippen molar-refractivity contribution in [2.24, 2.45) is 0 Å². The first-order chi connectivity index (χ1) is 5.12. The summed E-state index contributed by atoms with van der Waals surface area (Å²) in [6.45, 7) is 9.58. The van der Waals surface area contributed by atoms with Crippen LogP contribution in [0.4, 0.5) is 0 Å². The number of hydrogen-bond acceptors (Lipinski definition) is 3. The minimum atomic E-state index is 0.391. The van der Waals surface area contributed by atoms with Gasteiger partial charge in [0.25, 0.3) is 0 Å². The lowest BCUT2D eigenvalue weighted by molar-refractivity contribution is 0.200. The van der Waals surface area contributed by atoms with Gasteiger partial charge in [0.2, 0.25) is 0 Å². The van der Waals surface area contributed by atoms with Crippen molar-refractivity contribution >= 4 is 21.6 Å². The third-order valence-corrected chi connectivity index (χ3v) is 4.59. The van der Waals surface area contributed by atoms with Crippen molar-refractivity contribution < 1.29 is 4.74 Å². The van der Waals surface area contributed by atoms with E-state index in [-0.39, 0.29) is 0 Å². The van der Waals surface area contributed by atoms with Gasteiger partial charge in [-0.25, -0.2) is 0 Å². The number of rotatable bonds is 6. The van der Waals surface area contributed by atoms with Gasteiger partial charge >= 0.3 is 0 Å². The molecule has 0 bridgehead atoms. The van der Waals surface area contributed by atoms with Crippen LogP contribution in [0.1, 0.15) is 34.1 Å². The molecule has 0 aliphatic carbocycles. The van der Waals surface area contributed by atoms with E-state index in [0.717, 1.165) is 12.5 Å². The first kappa shape index (κ1) is 11.7. The predicted octanol–water partition coefficient (Wildman–Crippen LogP) is 3.55. The molecule has 0 radical (unpaired) electrons. The van der Waals surface area contributed by atoms with Gasteiger partial charge in [-0.05, 0) is 27.2 Å². The maximum atomic E-state index is 5.22. The molecule has 0 aliphatic heterocycles. The Labute approximate surface area is 78.1 Å². The topological polar surface area (TPSA) is 9.23 Å². The Bertz CT molecular complexity index is 94.1. The van der Waals surface area contributed by atoms with Crippen molar-refractivity contribution in [3.8, 4) is 0 Å². The predicted molar refractivity (Wildman–Crippen MR) is 56.0 cm³/mol. The molecule has 0 atom stereocenters. The van der Waals surface area contributed by atoms with Gasteiger partial charge in [-0.3, -0.25) is 0 Å². The lowest BCUT2D eigenvalue weighted by atomic mass is 10.1. The van der Waals surface area contributed by atoms with Crippen molar-refractivity contribution in [3.05, 3.63) is 0 Å². The minimum Gasteiger partial charge on any atom is -0.370 e. The van der Waals surface area contributed by atoms with Crippen LogP contribution in [0.15, 0.2) is 0 Å². The molecule has 0 aromatic heterocycles. The van der Waals surface area contributed by atoms with E-state index in [2.05, 4.69) is 20.8 Å². The summed E-state index contributed by atoms with van der Waals surface area (Å²) in [7, 11) is 3.71. The van der Waals surface area contributed by atoms with E-state index in [4.69, 9.17) is 4.74 Å². The van der Waals surface area contributed by atoms with Crippen molar-refractivity contribution in [1.82, 2.24) is 0 Å². The van der Waals surface area contributed by atoms with Gasteiger partial charge in [-0.1, -0.05) is 28.5 Å². The Balaban J connectivity index is 3.23. The van der Waals surface area contributed by atoms with Crippen molar-refractivity contribution in [3.63, 3.8) is 0 Å². The average Bonchev–Trinajstić information content (AvgIpc) is 1.99. The molecule has 1 nitrogen and oxygen atoms in total. The smallest absolute Gasteiger partial charge is 0.102 e. The molecule has 0 aromatic rings. The second kappa shape index (κ2) is 6.21. The highest BCUT2D eigenvalue weighted by molar-refractivity contribution is 8.77. The molecule has 0 aliphatic rings. The first-order valence-corrected chi connectivity index (χ1v) is 6.32. The molecule has 11 heavy (non-hydrogen) atoms. The lowest BCUT2D eigenvalue weighted by Gasteiger charge is -2.20. The van der Waals surface area contributed by atoms with Crippen LogP contribution in [-0.4, -0.2) is 17.3 Å². The van der Waals surface area contributed by atoms with Crippen LogP contribution < -0.4 is 0 Å². The molecule has 0 saturated carbocycles. The highest BCUT2D eigenvalue weighted by Gasteiger charge is 2.15. The highest BCUT2D eigenvalue weighted by atomic mass is 33.1. The van der Waals surface area contributed by atoms with E-state index < -0.39 is 0 Å². The SMILES string of the molecule is CCOCSSC(C)(C)CC. The zero-order chi connectivity index (χ0) is 8.74. The van der Waals surface area contributed by atoms with Crippen molar-refractivity contribution in [2.75, 3.05) is 12.5 Å². The molecule has 0 N–H and O–H groups in total. The number of hydrogen-bond donors (Lipinski definition) is 0. The zero-order valence-electron chi connectivity index (χ0n) is 7.85. The summed E-state index contributed by atoms with van der Waals surface area (Å²) in [5.74, 6) is 0.810. The average molecular weight is 194 g/mol. The van der Waals surface area contributed by atoms with Gasteiger partial charge in [0.1, 0.15) is 5.94 Å². The first-order valence-electron chi connectivity index (χ1n) is 4.00. The highest BCUT2D eigenvalue weighted by Crippen LogP contribution is 2.37. The second-order valence-electron chi connectivity index (χ2n) is 2.93. The molecular formula is C8H18OS2. The van der Waals surface area contributed by atoms with Gasteiger partial charge in [0.15, 0.2) is 0 Å². The van der Waals surface area contributed by atoms with Crippen LogP contribution in [0.2, 0.25) is 0 Å². The van der Waals surface area contributed by atoms with Crippen LogP contribution >= 0.6 is 21.6 Å². The quantitative estimate of drug-likeness (QED) is 0.363. The monoisotopic (exact) mass is 194 g/mol. The summed E-state index contributed by atoms with van der Waals surface area (Å²) in [4.78, 5) is 0. The molecule has 0 amide bonds. The molecule has 0 spiro atoms. The van der Waals surface area contributed by atoms with Crippen LogP contribution in [0.25, 0.3) is 0 Å². The van der Waals surface area contributed by atoms with Crippen LogP contribution in [0.5, 0.6) is 0 Å². The van der Waals surface area contributed by atoms with E-state index in [1.165, 1.54) is 6.42 Å². The van der Waals surface area contributed by atoms with Gasteiger partial charge in [0.05, 0.1) is 0 Å². The van der Waals surface area contributed by atoms with E-state index in [1.54, 1.807) is 10.8 Å². The fourth-order valence-corrected chi connectivity index (χ4v) is 2.74. The summed E-state index contributed by atoms with van der Waals surface area (Å²) in [6.07, 6.45) is 1.21. The molecule has 68 valence electrons. The van der Waals surface area contributed by atoms with Gasteiger partial charge in [0, 0.05) is 11.4 Å². The Kier molecular flexibility index (Phi) is 6.58. The summed E-state index contributed by atoms with van der Waals surface area (Å²) < 4.78 is 5.61. The molecule has 0 saturated heterocycles. The van der Waals surface area contributed by atoms with Crippen LogP contribution in [0, 0.1) is 0 Å². The van der Waals surface area contributed by atoms with Gasteiger partial charge in [-0.15, -0.1) is 0 Å². The summed E-state index contributed by atoms with van der Waals surface area (Å²) in [6, 6.07) is 0. The standard InChI is InChI=1S/C8H18OS2/c1-5-8(3,4)11-10-7-9-6-2/h5-7H2,1-4H3. The fourth-order valence-electron chi connectivity index (χ4n) is 0.360. The van der Waals surface area contributed by atoms with E-state index in [9.17, 15) is 0 Å². The van der Waals surface area contributed by atoms with Crippen LogP contribution in [-0.2, 0) is 4.74 Å².